The molecule has 0 aliphatic rings. The average Bonchev–Trinajstić information content (AvgIpc) is 3.36. The Morgan fingerprint density at radius 2 is 1.41 bits per heavy atom. The third-order valence-corrected chi connectivity index (χ3v) is 4.26. The summed E-state index contributed by atoms with van der Waals surface area (Å²) in [5.74, 6) is 0.490. The summed E-state index contributed by atoms with van der Waals surface area (Å²) in [5.41, 5.74) is 2.84. The van der Waals surface area contributed by atoms with Gasteiger partial charge in [-0.25, -0.2) is 9.78 Å². The second-order valence-corrected chi connectivity index (χ2v) is 6.14. The third-order valence-electron chi connectivity index (χ3n) is 4.26. The van der Waals surface area contributed by atoms with Gasteiger partial charge in [0.1, 0.15) is 11.3 Å². The Hall–Kier alpha value is -3.60. The van der Waals surface area contributed by atoms with E-state index in [0.29, 0.717) is 28.4 Å². The number of carbonyl (C=O) groups is 1. The highest BCUT2D eigenvalue weighted by Crippen LogP contribution is 2.34. The van der Waals surface area contributed by atoms with Crippen molar-refractivity contribution in [2.24, 2.45) is 0 Å². The molecule has 0 fully saturated rings. The van der Waals surface area contributed by atoms with Gasteiger partial charge in [-0.05, 0) is 31.2 Å². The zero-order chi connectivity index (χ0) is 25.3. The first-order valence-corrected chi connectivity index (χ1v) is 12.1. The van der Waals surface area contributed by atoms with E-state index in [1.54, 1.807) is 13.0 Å². The van der Waals surface area contributed by atoms with Gasteiger partial charge in [0.2, 0.25) is 12.0 Å². The highest BCUT2D eigenvalue weighted by atomic mass is 16.6. The van der Waals surface area contributed by atoms with Gasteiger partial charge in [-0.2, -0.15) is 0 Å². The van der Waals surface area contributed by atoms with Crippen molar-refractivity contribution in [1.82, 2.24) is 4.98 Å². The molecular weight excluding hydrogens is 426 g/mol. The van der Waals surface area contributed by atoms with Crippen LogP contribution < -0.4 is 4.74 Å². The number of nitrogens with zero attached hydrogens (tertiary/aromatic N) is 1. The van der Waals surface area contributed by atoms with Gasteiger partial charge in [0.25, 0.3) is 0 Å². The van der Waals surface area contributed by atoms with Crippen molar-refractivity contribution in [2.45, 2.75) is 54.6 Å². The third kappa shape index (κ3) is 7.48. The average molecular weight is 464 g/mol. The van der Waals surface area contributed by atoms with Crippen molar-refractivity contribution in [2.75, 3.05) is 6.61 Å². The monoisotopic (exact) mass is 463 g/mol. The van der Waals surface area contributed by atoms with E-state index in [-0.39, 0.29) is 6.61 Å². The summed E-state index contributed by atoms with van der Waals surface area (Å²) in [7, 11) is 0. The summed E-state index contributed by atoms with van der Waals surface area (Å²) in [4.78, 5) is 17.1. The van der Waals surface area contributed by atoms with Crippen LogP contribution in [0.4, 0.5) is 0 Å². The lowest BCUT2D eigenvalue weighted by atomic mass is 10.1. The van der Waals surface area contributed by atoms with Gasteiger partial charge in [0.15, 0.2) is 5.58 Å². The lowest BCUT2D eigenvalue weighted by Gasteiger charge is -2.19. The fourth-order valence-corrected chi connectivity index (χ4v) is 2.96. The first-order valence-electron chi connectivity index (χ1n) is 12.1. The number of aromatic nitrogens is 1. The number of carbonyl (C=O) groups excluding carboxylic acids is 1. The fraction of sp³-hybridized carbons (Fsp3) is 0.310. The molecule has 0 aliphatic heterocycles. The van der Waals surface area contributed by atoms with Crippen LogP contribution in [0.1, 0.15) is 60.1 Å². The molecule has 0 N–H and O–H groups in total. The maximum absolute atomic E-state index is 12.6. The van der Waals surface area contributed by atoms with Crippen molar-refractivity contribution in [3.05, 3.63) is 84.4 Å². The van der Waals surface area contributed by atoms with Gasteiger partial charge >= 0.3 is 5.97 Å². The number of para-hydroxylation sites is 3. The second kappa shape index (κ2) is 16.1. The molecule has 1 unspecified atom stereocenters. The first kappa shape index (κ1) is 28.4. The van der Waals surface area contributed by atoms with E-state index >= 15 is 0 Å². The Labute approximate surface area is 203 Å². The molecule has 0 spiro atoms. The number of hydrogen-bond donors (Lipinski definition) is 0. The van der Waals surface area contributed by atoms with Crippen molar-refractivity contribution in [3.8, 4) is 17.2 Å². The largest absolute Gasteiger partial charge is 0.473 e. The Morgan fingerprint density at radius 1 is 0.824 bits per heavy atom. The minimum Gasteiger partial charge on any atom is -0.473 e. The second-order valence-electron chi connectivity index (χ2n) is 6.14. The van der Waals surface area contributed by atoms with E-state index in [0.717, 1.165) is 5.52 Å². The standard InChI is InChI=1S/C23H19NO4.3C2H6/c1-2-26-23(25)21(16-10-4-3-5-11-16)27-19-14-8-6-12-17(19)22-24-18-13-7-9-15-20(18)28-22;3*1-2/h3-15,21H,2H2,1H3;3*1-2H3. The molecule has 1 heterocycles. The normalized spacial score (nSPS) is 10.3. The van der Waals surface area contributed by atoms with Crippen LogP contribution in [0.15, 0.2) is 83.3 Å². The van der Waals surface area contributed by atoms with Gasteiger partial charge in [-0.3, -0.25) is 0 Å². The lowest BCUT2D eigenvalue weighted by Crippen LogP contribution is -2.21. The summed E-state index contributed by atoms with van der Waals surface area (Å²) < 4.78 is 17.2. The molecular formula is C29H37NO4. The summed E-state index contributed by atoms with van der Waals surface area (Å²) in [6.07, 6.45) is -0.883. The molecule has 0 saturated heterocycles. The van der Waals surface area contributed by atoms with Gasteiger partial charge in [-0.15, -0.1) is 0 Å². The predicted molar refractivity (Wildman–Crippen MR) is 140 cm³/mol. The molecule has 3 aromatic carbocycles. The van der Waals surface area contributed by atoms with E-state index in [1.165, 1.54) is 0 Å². The summed E-state index contributed by atoms with van der Waals surface area (Å²) >= 11 is 0. The number of fused-ring (bicyclic) bond motifs is 1. The SMILES string of the molecule is CC.CC.CC.CCOC(=O)C(Oc1ccccc1-c1nc2ccccc2o1)c1ccccc1. The van der Waals surface area contributed by atoms with Crippen LogP contribution in [0.5, 0.6) is 5.75 Å². The van der Waals surface area contributed by atoms with Crippen LogP contribution in [0.3, 0.4) is 0 Å². The van der Waals surface area contributed by atoms with Crippen LogP contribution in [0.25, 0.3) is 22.6 Å². The molecule has 0 saturated carbocycles. The minimum absolute atomic E-state index is 0.276. The number of ether oxygens (including phenoxy) is 2. The molecule has 182 valence electrons. The molecule has 0 aliphatic carbocycles. The van der Waals surface area contributed by atoms with E-state index in [2.05, 4.69) is 4.98 Å². The molecule has 0 amide bonds. The molecule has 1 atom stereocenters. The zero-order valence-corrected chi connectivity index (χ0v) is 21.4. The molecule has 34 heavy (non-hydrogen) atoms. The summed E-state index contributed by atoms with van der Waals surface area (Å²) in [6.45, 7) is 14.0. The molecule has 5 heteroatoms. The van der Waals surface area contributed by atoms with Crippen molar-refractivity contribution < 1.29 is 18.7 Å². The number of rotatable bonds is 6. The molecule has 5 nitrogen and oxygen atoms in total. The van der Waals surface area contributed by atoms with Gasteiger partial charge in [0.05, 0.1) is 12.2 Å². The fourth-order valence-electron chi connectivity index (χ4n) is 2.96. The predicted octanol–water partition coefficient (Wildman–Crippen LogP) is 8.26. The maximum atomic E-state index is 12.6. The Kier molecular flexibility index (Phi) is 13.4. The van der Waals surface area contributed by atoms with E-state index in [1.807, 2.05) is 114 Å². The number of esters is 1. The highest BCUT2D eigenvalue weighted by Gasteiger charge is 2.26. The van der Waals surface area contributed by atoms with Crippen molar-refractivity contribution in [1.29, 1.82) is 0 Å². The molecule has 1 aromatic heterocycles. The smallest absolute Gasteiger partial charge is 0.352 e. The van der Waals surface area contributed by atoms with Gasteiger partial charge in [-0.1, -0.05) is 96.1 Å². The Morgan fingerprint density at radius 3 is 2.06 bits per heavy atom. The quantitative estimate of drug-likeness (QED) is 0.269. The molecule has 0 bridgehead atoms. The van der Waals surface area contributed by atoms with E-state index in [9.17, 15) is 4.79 Å². The van der Waals surface area contributed by atoms with Crippen LogP contribution in [0.2, 0.25) is 0 Å². The molecule has 4 aromatic rings. The first-order chi connectivity index (χ1) is 16.8. The topological polar surface area (TPSA) is 61.6 Å². The van der Waals surface area contributed by atoms with Crippen LogP contribution in [-0.2, 0) is 9.53 Å². The highest BCUT2D eigenvalue weighted by molar-refractivity contribution is 5.79. The van der Waals surface area contributed by atoms with Crippen LogP contribution in [0, 0.1) is 0 Å². The summed E-state index contributed by atoms with van der Waals surface area (Å²) in [6, 6.07) is 24.2. The lowest BCUT2D eigenvalue weighted by molar-refractivity contribution is -0.151. The number of benzene rings is 3. The van der Waals surface area contributed by atoms with E-state index in [4.69, 9.17) is 13.9 Å². The van der Waals surface area contributed by atoms with Crippen molar-refractivity contribution in [3.63, 3.8) is 0 Å². The van der Waals surface area contributed by atoms with E-state index < -0.39 is 12.1 Å². The van der Waals surface area contributed by atoms with Gasteiger partial charge in [0, 0.05) is 5.56 Å². The summed E-state index contributed by atoms with van der Waals surface area (Å²) in [5, 5.41) is 0. The molecule has 4 rings (SSSR count). The number of oxazole rings is 1. The Bertz CT molecular complexity index is 1060. The van der Waals surface area contributed by atoms with Crippen LogP contribution in [-0.4, -0.2) is 17.6 Å². The minimum atomic E-state index is -0.883. The van der Waals surface area contributed by atoms with Crippen molar-refractivity contribution >= 4 is 17.1 Å². The van der Waals surface area contributed by atoms with Crippen LogP contribution >= 0.6 is 0 Å². The Balaban J connectivity index is 0.000000894. The maximum Gasteiger partial charge on any atom is 0.352 e. The van der Waals surface area contributed by atoms with Gasteiger partial charge < -0.3 is 13.9 Å². The number of hydrogen-bond acceptors (Lipinski definition) is 5. The molecule has 0 radical (unpaired) electrons. The zero-order valence-electron chi connectivity index (χ0n) is 21.4.